The molecule has 4 heterocycles. The molecular weight excluding hydrogens is 388 g/mol. The van der Waals surface area contributed by atoms with Crippen LogP contribution in [0.25, 0.3) is 10.8 Å². The van der Waals surface area contributed by atoms with Crippen molar-refractivity contribution in [1.82, 2.24) is 24.8 Å². The van der Waals surface area contributed by atoms with Crippen molar-refractivity contribution in [3.63, 3.8) is 0 Å². The number of nitrogens with zero attached hydrogens (tertiary/aromatic N) is 5. The molecule has 4 aromatic rings. The number of hydrogen-bond acceptors (Lipinski definition) is 6. The Hall–Kier alpha value is -3.87. The van der Waals surface area contributed by atoms with Gasteiger partial charge in [0.25, 0.3) is 5.91 Å². The van der Waals surface area contributed by atoms with Gasteiger partial charge in [-0.3, -0.25) is 14.8 Å². The minimum atomic E-state index is -0.0182. The standard InChI is InChI=1S/C24H22N6O/c31-24(23-19-7-2-1-5-17(19)10-11-27-23)30-14-4-6-18(16-30)20-8-3-9-21(28-20)29-22-15-25-12-13-26-22/h1-3,5,7-13,15,18H,4,6,14,16H2,(H,26,28,29)/t18-/m0/s1. The maximum absolute atomic E-state index is 13.3. The van der Waals surface area contributed by atoms with Crippen LogP contribution in [0.3, 0.4) is 0 Å². The summed E-state index contributed by atoms with van der Waals surface area (Å²) in [6.07, 6.45) is 8.57. The second-order valence-corrected chi connectivity index (χ2v) is 7.63. The smallest absolute Gasteiger partial charge is 0.273 e. The molecule has 7 nitrogen and oxygen atoms in total. The van der Waals surface area contributed by atoms with Crippen molar-refractivity contribution in [3.05, 3.63) is 84.7 Å². The average Bonchev–Trinajstić information content (AvgIpc) is 2.84. The number of carbonyl (C=O) groups is 1. The zero-order valence-corrected chi connectivity index (χ0v) is 17.0. The molecule has 31 heavy (non-hydrogen) atoms. The Kier molecular flexibility index (Phi) is 5.22. The molecule has 1 fully saturated rings. The van der Waals surface area contributed by atoms with Crippen LogP contribution in [-0.2, 0) is 0 Å². The van der Waals surface area contributed by atoms with Gasteiger partial charge in [0.2, 0.25) is 0 Å². The van der Waals surface area contributed by atoms with Gasteiger partial charge in [-0.05, 0) is 36.4 Å². The van der Waals surface area contributed by atoms with Crippen LogP contribution in [0.2, 0.25) is 0 Å². The van der Waals surface area contributed by atoms with E-state index in [1.807, 2.05) is 53.4 Å². The van der Waals surface area contributed by atoms with Crippen LogP contribution in [0, 0.1) is 0 Å². The molecule has 1 N–H and O–H groups in total. The molecule has 1 saturated heterocycles. The van der Waals surface area contributed by atoms with Crippen LogP contribution in [-0.4, -0.2) is 43.8 Å². The molecular formula is C24H22N6O. The van der Waals surface area contributed by atoms with Gasteiger partial charge in [-0.2, -0.15) is 0 Å². The molecule has 0 bridgehead atoms. The van der Waals surface area contributed by atoms with Crippen LogP contribution < -0.4 is 5.32 Å². The number of benzene rings is 1. The lowest BCUT2D eigenvalue weighted by Gasteiger charge is -2.32. The third-order valence-corrected chi connectivity index (χ3v) is 5.59. The van der Waals surface area contributed by atoms with Crippen LogP contribution in [0.1, 0.15) is 34.9 Å². The van der Waals surface area contributed by atoms with Gasteiger partial charge in [-0.25, -0.2) is 9.97 Å². The molecule has 0 aliphatic carbocycles. The van der Waals surface area contributed by atoms with E-state index in [0.717, 1.165) is 41.7 Å². The summed E-state index contributed by atoms with van der Waals surface area (Å²) in [5.74, 6) is 1.53. The van der Waals surface area contributed by atoms with E-state index in [4.69, 9.17) is 4.98 Å². The SMILES string of the molecule is O=C(c1nccc2ccccc12)N1CCC[C@H](c2cccc(Nc3cnccn3)n2)C1. The van der Waals surface area contributed by atoms with Crippen molar-refractivity contribution in [2.75, 3.05) is 18.4 Å². The fourth-order valence-corrected chi connectivity index (χ4v) is 4.09. The van der Waals surface area contributed by atoms with Crippen LogP contribution >= 0.6 is 0 Å². The van der Waals surface area contributed by atoms with E-state index in [1.165, 1.54) is 0 Å². The second-order valence-electron chi connectivity index (χ2n) is 7.63. The molecule has 1 amide bonds. The molecule has 1 aliphatic heterocycles. The molecule has 1 aliphatic rings. The Morgan fingerprint density at radius 1 is 0.968 bits per heavy atom. The summed E-state index contributed by atoms with van der Waals surface area (Å²) in [7, 11) is 0. The largest absolute Gasteiger partial charge is 0.337 e. The molecule has 1 aromatic carbocycles. The van der Waals surface area contributed by atoms with Gasteiger partial charge in [-0.1, -0.05) is 30.3 Å². The monoisotopic (exact) mass is 410 g/mol. The van der Waals surface area contributed by atoms with Gasteiger partial charge in [0.05, 0.1) is 6.20 Å². The summed E-state index contributed by atoms with van der Waals surface area (Å²) >= 11 is 0. The first kappa shape index (κ1) is 19.1. The lowest BCUT2D eigenvalue weighted by atomic mass is 9.93. The van der Waals surface area contributed by atoms with Crippen molar-refractivity contribution in [2.45, 2.75) is 18.8 Å². The van der Waals surface area contributed by atoms with E-state index in [0.29, 0.717) is 18.1 Å². The fraction of sp³-hybridized carbons (Fsp3) is 0.208. The predicted molar refractivity (Wildman–Crippen MR) is 119 cm³/mol. The van der Waals surface area contributed by atoms with Gasteiger partial charge in [-0.15, -0.1) is 0 Å². The summed E-state index contributed by atoms with van der Waals surface area (Å²) in [5, 5.41) is 5.11. The lowest BCUT2D eigenvalue weighted by molar-refractivity contribution is 0.0702. The summed E-state index contributed by atoms with van der Waals surface area (Å²) < 4.78 is 0. The summed E-state index contributed by atoms with van der Waals surface area (Å²) in [6, 6.07) is 15.7. The third-order valence-electron chi connectivity index (χ3n) is 5.59. The highest BCUT2D eigenvalue weighted by molar-refractivity contribution is 6.05. The Balaban J connectivity index is 1.36. The highest BCUT2D eigenvalue weighted by Gasteiger charge is 2.28. The number of rotatable bonds is 4. The van der Waals surface area contributed by atoms with Crippen molar-refractivity contribution >= 4 is 28.3 Å². The van der Waals surface area contributed by atoms with E-state index < -0.39 is 0 Å². The van der Waals surface area contributed by atoms with Gasteiger partial charge >= 0.3 is 0 Å². The number of nitrogens with one attached hydrogen (secondary N) is 1. The zero-order chi connectivity index (χ0) is 21.0. The minimum absolute atomic E-state index is 0.0182. The number of carbonyl (C=O) groups excluding carboxylic acids is 1. The van der Waals surface area contributed by atoms with E-state index in [-0.39, 0.29) is 11.8 Å². The molecule has 1 atom stereocenters. The van der Waals surface area contributed by atoms with Crippen molar-refractivity contribution < 1.29 is 4.79 Å². The second kappa shape index (κ2) is 8.47. The van der Waals surface area contributed by atoms with Gasteiger partial charge in [0.1, 0.15) is 17.3 Å². The molecule has 5 rings (SSSR count). The summed E-state index contributed by atoms with van der Waals surface area (Å²) in [6.45, 7) is 1.36. The Morgan fingerprint density at radius 2 is 1.90 bits per heavy atom. The molecule has 154 valence electrons. The molecule has 0 radical (unpaired) electrons. The number of hydrogen-bond donors (Lipinski definition) is 1. The average molecular weight is 410 g/mol. The molecule has 3 aromatic heterocycles. The molecule has 0 unspecified atom stereocenters. The number of likely N-dealkylation sites (tertiary alicyclic amines) is 1. The van der Waals surface area contributed by atoms with Crippen LogP contribution in [0.4, 0.5) is 11.6 Å². The van der Waals surface area contributed by atoms with Gasteiger partial charge in [0.15, 0.2) is 0 Å². The molecule has 7 heteroatoms. The highest BCUT2D eigenvalue weighted by atomic mass is 16.2. The van der Waals surface area contributed by atoms with E-state index in [9.17, 15) is 4.79 Å². The quantitative estimate of drug-likeness (QED) is 0.543. The van der Waals surface area contributed by atoms with Crippen molar-refractivity contribution in [2.24, 2.45) is 0 Å². The van der Waals surface area contributed by atoms with Gasteiger partial charge < -0.3 is 10.2 Å². The molecule has 0 saturated carbocycles. The van der Waals surface area contributed by atoms with Crippen molar-refractivity contribution in [3.8, 4) is 0 Å². The first-order valence-electron chi connectivity index (χ1n) is 10.4. The number of pyridine rings is 2. The Bertz CT molecular complexity index is 1210. The number of fused-ring (bicyclic) bond motifs is 1. The maximum atomic E-state index is 13.3. The normalized spacial score (nSPS) is 16.3. The minimum Gasteiger partial charge on any atom is -0.337 e. The number of anilines is 2. The zero-order valence-electron chi connectivity index (χ0n) is 17.0. The van der Waals surface area contributed by atoms with E-state index in [1.54, 1.807) is 24.8 Å². The summed E-state index contributed by atoms with van der Waals surface area (Å²) in [4.78, 5) is 32.7. The Labute approximate surface area is 180 Å². The number of amides is 1. The first-order valence-corrected chi connectivity index (χ1v) is 10.4. The number of piperidine rings is 1. The van der Waals surface area contributed by atoms with E-state index in [2.05, 4.69) is 20.3 Å². The van der Waals surface area contributed by atoms with E-state index >= 15 is 0 Å². The third kappa shape index (κ3) is 4.07. The Morgan fingerprint density at radius 3 is 2.81 bits per heavy atom. The summed E-state index contributed by atoms with van der Waals surface area (Å²) in [5.41, 5.74) is 1.49. The predicted octanol–water partition coefficient (Wildman–Crippen LogP) is 4.18. The maximum Gasteiger partial charge on any atom is 0.273 e. The fourth-order valence-electron chi connectivity index (χ4n) is 4.09. The van der Waals surface area contributed by atoms with Crippen molar-refractivity contribution in [1.29, 1.82) is 0 Å². The topological polar surface area (TPSA) is 83.9 Å². The van der Waals surface area contributed by atoms with Crippen LogP contribution in [0.15, 0.2) is 73.3 Å². The first-order chi connectivity index (χ1) is 15.3. The number of aromatic nitrogens is 4. The lowest BCUT2D eigenvalue weighted by Crippen LogP contribution is -2.39. The molecule has 0 spiro atoms. The van der Waals surface area contributed by atoms with Crippen LogP contribution in [0.5, 0.6) is 0 Å². The highest BCUT2D eigenvalue weighted by Crippen LogP contribution is 2.28. The van der Waals surface area contributed by atoms with Gasteiger partial charge in [0, 0.05) is 48.7 Å².